The minimum absolute atomic E-state index is 0.161. The Morgan fingerprint density at radius 3 is 2.40 bits per heavy atom. The fraction of sp³-hybridized carbons (Fsp3) is 0.562. The van der Waals surface area contributed by atoms with Crippen LogP contribution in [0.5, 0.6) is 5.75 Å². The zero-order valence-electron chi connectivity index (χ0n) is 12.4. The third-order valence-corrected chi connectivity index (χ3v) is 4.20. The summed E-state index contributed by atoms with van der Waals surface area (Å²) in [4.78, 5) is 13.8. The molecule has 0 bridgehead atoms. The monoisotopic (exact) mass is 277 g/mol. The smallest absolute Gasteiger partial charge is 0.314 e. The normalized spacial score (nSPS) is 17.6. The predicted octanol–water partition coefficient (Wildman–Crippen LogP) is 2.66. The Bertz CT molecular complexity index is 517. The number of phenolic OH excluding ortho intramolecular Hbond substituents is 1. The van der Waals surface area contributed by atoms with Gasteiger partial charge in [-0.15, -0.1) is 0 Å². The van der Waals surface area contributed by atoms with E-state index < -0.39 is 11.4 Å². The fourth-order valence-electron chi connectivity index (χ4n) is 3.26. The molecular weight excluding hydrogens is 254 g/mol. The van der Waals surface area contributed by atoms with Crippen molar-refractivity contribution in [1.82, 2.24) is 4.90 Å². The van der Waals surface area contributed by atoms with Gasteiger partial charge in [0.2, 0.25) is 0 Å². The summed E-state index contributed by atoms with van der Waals surface area (Å²) in [7, 11) is 3.87. The van der Waals surface area contributed by atoms with Gasteiger partial charge in [-0.2, -0.15) is 0 Å². The maximum Gasteiger partial charge on any atom is 0.314 e. The Labute approximate surface area is 120 Å². The van der Waals surface area contributed by atoms with Gasteiger partial charge in [0.05, 0.1) is 5.41 Å². The number of carbonyl (C=O) groups is 1. The average molecular weight is 277 g/mol. The van der Waals surface area contributed by atoms with Crippen molar-refractivity contribution in [2.45, 2.75) is 44.6 Å². The lowest BCUT2D eigenvalue weighted by Gasteiger charge is -2.27. The molecule has 0 spiro atoms. The van der Waals surface area contributed by atoms with Gasteiger partial charge in [-0.3, -0.25) is 4.79 Å². The third kappa shape index (κ3) is 2.52. The zero-order chi connectivity index (χ0) is 14.9. The molecule has 2 N–H and O–H groups in total. The van der Waals surface area contributed by atoms with Crippen LogP contribution in [0.4, 0.5) is 0 Å². The van der Waals surface area contributed by atoms with E-state index in [1.165, 1.54) is 0 Å². The van der Waals surface area contributed by atoms with Gasteiger partial charge < -0.3 is 15.1 Å². The van der Waals surface area contributed by atoms with E-state index in [1.807, 2.05) is 38.1 Å². The number of benzene rings is 1. The SMILES string of the molecule is Cc1cc(CN(C)C)c(O)c(C2(C(=O)O)CCCC2)c1. The van der Waals surface area contributed by atoms with E-state index in [1.54, 1.807) is 0 Å². The van der Waals surface area contributed by atoms with Crippen molar-refractivity contribution in [3.63, 3.8) is 0 Å². The first-order chi connectivity index (χ1) is 9.36. The minimum Gasteiger partial charge on any atom is -0.507 e. The van der Waals surface area contributed by atoms with Crippen LogP contribution >= 0.6 is 0 Å². The van der Waals surface area contributed by atoms with Crippen LogP contribution in [0.25, 0.3) is 0 Å². The van der Waals surface area contributed by atoms with E-state index in [-0.39, 0.29) is 5.75 Å². The van der Waals surface area contributed by atoms with Crippen LogP contribution in [0.2, 0.25) is 0 Å². The van der Waals surface area contributed by atoms with Crippen molar-refractivity contribution in [3.05, 3.63) is 28.8 Å². The number of phenols is 1. The van der Waals surface area contributed by atoms with Gasteiger partial charge in [0, 0.05) is 17.7 Å². The van der Waals surface area contributed by atoms with Gasteiger partial charge in [-0.25, -0.2) is 0 Å². The number of rotatable bonds is 4. The quantitative estimate of drug-likeness (QED) is 0.888. The standard InChI is InChI=1S/C16H23NO3/c1-11-8-12(10-17(2)3)14(18)13(9-11)16(15(19)20)6-4-5-7-16/h8-9,18H,4-7,10H2,1-3H3,(H,19,20). The molecule has 110 valence electrons. The second-order valence-corrected chi connectivity index (χ2v) is 6.15. The molecule has 0 saturated heterocycles. The van der Waals surface area contributed by atoms with E-state index in [2.05, 4.69) is 0 Å². The van der Waals surface area contributed by atoms with Crippen molar-refractivity contribution in [1.29, 1.82) is 0 Å². The van der Waals surface area contributed by atoms with Crippen molar-refractivity contribution in [2.75, 3.05) is 14.1 Å². The highest BCUT2D eigenvalue weighted by molar-refractivity contribution is 5.83. The Balaban J connectivity index is 2.55. The molecule has 0 amide bonds. The highest BCUT2D eigenvalue weighted by Crippen LogP contribution is 2.46. The lowest BCUT2D eigenvalue weighted by Crippen LogP contribution is -2.33. The van der Waals surface area contributed by atoms with Crippen molar-refractivity contribution in [3.8, 4) is 5.75 Å². The molecule has 0 heterocycles. The highest BCUT2D eigenvalue weighted by Gasteiger charge is 2.45. The lowest BCUT2D eigenvalue weighted by atomic mass is 9.77. The summed E-state index contributed by atoms with van der Waals surface area (Å²) in [6.07, 6.45) is 3.03. The molecular formula is C16H23NO3. The molecule has 1 fully saturated rings. The Hall–Kier alpha value is -1.55. The number of aryl methyl sites for hydroxylation is 1. The highest BCUT2D eigenvalue weighted by atomic mass is 16.4. The summed E-state index contributed by atoms with van der Waals surface area (Å²) in [6.45, 7) is 2.56. The Morgan fingerprint density at radius 1 is 1.30 bits per heavy atom. The first kappa shape index (κ1) is 14.9. The topological polar surface area (TPSA) is 60.8 Å². The molecule has 1 aliphatic carbocycles. The van der Waals surface area contributed by atoms with Gasteiger partial charge in [0.25, 0.3) is 0 Å². The van der Waals surface area contributed by atoms with Crippen molar-refractivity contribution in [2.24, 2.45) is 0 Å². The van der Waals surface area contributed by atoms with Crippen molar-refractivity contribution >= 4 is 5.97 Å². The van der Waals surface area contributed by atoms with E-state index in [0.29, 0.717) is 24.9 Å². The summed E-state index contributed by atoms with van der Waals surface area (Å²) in [5.74, 6) is -0.652. The van der Waals surface area contributed by atoms with E-state index >= 15 is 0 Å². The van der Waals surface area contributed by atoms with Crippen LogP contribution in [0.1, 0.15) is 42.4 Å². The first-order valence-electron chi connectivity index (χ1n) is 7.08. The summed E-state index contributed by atoms with van der Waals surface area (Å²) >= 11 is 0. The molecule has 1 aliphatic rings. The third-order valence-electron chi connectivity index (χ3n) is 4.20. The molecule has 0 radical (unpaired) electrons. The average Bonchev–Trinajstić information content (AvgIpc) is 2.83. The number of carboxylic acid groups (broad SMARTS) is 1. The van der Waals surface area contributed by atoms with Crippen LogP contribution in [0.3, 0.4) is 0 Å². The van der Waals surface area contributed by atoms with Crippen LogP contribution in [-0.4, -0.2) is 35.2 Å². The molecule has 4 nitrogen and oxygen atoms in total. The molecule has 1 aromatic rings. The predicted molar refractivity (Wildman–Crippen MR) is 78.0 cm³/mol. The van der Waals surface area contributed by atoms with E-state index in [4.69, 9.17) is 0 Å². The molecule has 20 heavy (non-hydrogen) atoms. The summed E-state index contributed by atoms with van der Waals surface area (Å²) in [5, 5.41) is 20.2. The lowest BCUT2D eigenvalue weighted by molar-refractivity contribution is -0.143. The number of nitrogens with zero attached hydrogens (tertiary/aromatic N) is 1. The zero-order valence-corrected chi connectivity index (χ0v) is 12.4. The summed E-state index contributed by atoms with van der Waals surface area (Å²) < 4.78 is 0. The molecule has 0 aliphatic heterocycles. The number of aromatic hydroxyl groups is 1. The van der Waals surface area contributed by atoms with E-state index in [0.717, 1.165) is 24.0 Å². The maximum atomic E-state index is 11.8. The minimum atomic E-state index is -0.906. The molecule has 0 unspecified atom stereocenters. The number of hydrogen-bond donors (Lipinski definition) is 2. The summed E-state index contributed by atoms with van der Waals surface area (Å²) in [6, 6.07) is 3.78. The van der Waals surface area contributed by atoms with Gasteiger partial charge in [-0.1, -0.05) is 30.5 Å². The largest absolute Gasteiger partial charge is 0.507 e. The Morgan fingerprint density at radius 2 is 1.90 bits per heavy atom. The summed E-state index contributed by atoms with van der Waals surface area (Å²) in [5.41, 5.74) is 1.50. The van der Waals surface area contributed by atoms with Crippen LogP contribution in [0.15, 0.2) is 12.1 Å². The van der Waals surface area contributed by atoms with Gasteiger partial charge in [0.15, 0.2) is 0 Å². The molecule has 1 aromatic carbocycles. The van der Waals surface area contributed by atoms with Crippen molar-refractivity contribution < 1.29 is 15.0 Å². The van der Waals surface area contributed by atoms with Crippen LogP contribution < -0.4 is 0 Å². The molecule has 1 saturated carbocycles. The number of carboxylic acids is 1. The van der Waals surface area contributed by atoms with Gasteiger partial charge in [0.1, 0.15) is 5.75 Å². The Kier molecular flexibility index (Phi) is 4.04. The fourth-order valence-corrected chi connectivity index (χ4v) is 3.26. The number of hydrogen-bond acceptors (Lipinski definition) is 3. The van der Waals surface area contributed by atoms with Crippen LogP contribution in [0, 0.1) is 6.92 Å². The first-order valence-corrected chi connectivity index (χ1v) is 7.08. The van der Waals surface area contributed by atoms with Gasteiger partial charge >= 0.3 is 5.97 Å². The van der Waals surface area contributed by atoms with Gasteiger partial charge in [-0.05, 0) is 33.9 Å². The molecule has 0 aromatic heterocycles. The molecule has 0 atom stereocenters. The van der Waals surface area contributed by atoms with Crippen LogP contribution in [-0.2, 0) is 16.8 Å². The number of aliphatic carboxylic acids is 1. The second kappa shape index (κ2) is 5.44. The van der Waals surface area contributed by atoms with E-state index in [9.17, 15) is 15.0 Å². The molecule has 4 heteroatoms. The molecule has 2 rings (SSSR count). The second-order valence-electron chi connectivity index (χ2n) is 6.15. The maximum absolute atomic E-state index is 11.8.